The SMILES string of the molecule is CC(C)(C)[C@@H]1CCC[C@@H]1C(=O)c1ccccc1. The number of carbonyl (C=O) groups is 1. The summed E-state index contributed by atoms with van der Waals surface area (Å²) in [5.41, 5.74) is 1.12. The van der Waals surface area contributed by atoms with E-state index in [-0.39, 0.29) is 11.3 Å². The minimum Gasteiger partial charge on any atom is -0.294 e. The summed E-state index contributed by atoms with van der Waals surface area (Å²) in [6.45, 7) is 6.77. The predicted octanol–water partition coefficient (Wildman–Crippen LogP) is 4.33. The Bertz CT molecular complexity index is 386. The summed E-state index contributed by atoms with van der Waals surface area (Å²) in [6, 6.07) is 9.76. The highest BCUT2D eigenvalue weighted by molar-refractivity contribution is 5.98. The van der Waals surface area contributed by atoms with E-state index in [0.717, 1.165) is 12.0 Å². The third-order valence-electron chi connectivity index (χ3n) is 4.02. The highest BCUT2D eigenvalue weighted by atomic mass is 16.1. The summed E-state index contributed by atoms with van der Waals surface area (Å²) in [5.74, 6) is 1.12. The Hall–Kier alpha value is -1.11. The Morgan fingerprint density at radius 2 is 1.76 bits per heavy atom. The number of benzene rings is 1. The van der Waals surface area contributed by atoms with Crippen molar-refractivity contribution in [2.45, 2.75) is 40.0 Å². The maximum atomic E-state index is 12.5. The lowest BCUT2D eigenvalue weighted by molar-refractivity contribution is 0.0816. The molecule has 17 heavy (non-hydrogen) atoms. The lowest BCUT2D eigenvalue weighted by Crippen LogP contribution is -2.29. The van der Waals surface area contributed by atoms with Crippen LogP contribution in [0, 0.1) is 17.3 Å². The van der Waals surface area contributed by atoms with Crippen LogP contribution in [0.25, 0.3) is 0 Å². The largest absolute Gasteiger partial charge is 0.294 e. The number of Topliss-reactive ketones (excluding diaryl/α,β-unsaturated/α-hetero) is 1. The molecule has 1 aliphatic rings. The van der Waals surface area contributed by atoms with Crippen molar-refractivity contribution in [1.82, 2.24) is 0 Å². The van der Waals surface area contributed by atoms with Gasteiger partial charge in [0.25, 0.3) is 0 Å². The molecular weight excluding hydrogens is 208 g/mol. The molecule has 2 rings (SSSR count). The van der Waals surface area contributed by atoms with E-state index >= 15 is 0 Å². The Kier molecular flexibility index (Phi) is 3.37. The van der Waals surface area contributed by atoms with E-state index < -0.39 is 0 Å². The van der Waals surface area contributed by atoms with Crippen molar-refractivity contribution in [2.24, 2.45) is 17.3 Å². The number of ketones is 1. The molecule has 1 aliphatic carbocycles. The van der Waals surface area contributed by atoms with Crippen molar-refractivity contribution in [1.29, 1.82) is 0 Å². The Morgan fingerprint density at radius 1 is 1.12 bits per heavy atom. The van der Waals surface area contributed by atoms with Crippen LogP contribution in [0.3, 0.4) is 0 Å². The zero-order valence-corrected chi connectivity index (χ0v) is 11.1. The molecule has 0 amide bonds. The van der Waals surface area contributed by atoms with Gasteiger partial charge in [-0.1, -0.05) is 57.5 Å². The van der Waals surface area contributed by atoms with E-state index in [4.69, 9.17) is 0 Å². The van der Waals surface area contributed by atoms with Gasteiger partial charge in [-0.3, -0.25) is 4.79 Å². The summed E-state index contributed by atoms with van der Waals surface area (Å²) in [5, 5.41) is 0. The molecule has 1 aromatic rings. The normalized spacial score (nSPS) is 24.9. The van der Waals surface area contributed by atoms with Gasteiger partial charge in [-0.25, -0.2) is 0 Å². The average molecular weight is 230 g/mol. The maximum absolute atomic E-state index is 12.5. The van der Waals surface area contributed by atoms with E-state index in [0.29, 0.717) is 11.7 Å². The van der Waals surface area contributed by atoms with E-state index in [2.05, 4.69) is 20.8 Å². The Balaban J connectivity index is 2.20. The van der Waals surface area contributed by atoms with Gasteiger partial charge in [0.05, 0.1) is 0 Å². The molecule has 0 N–H and O–H groups in total. The van der Waals surface area contributed by atoms with E-state index in [9.17, 15) is 4.79 Å². The number of hydrogen-bond donors (Lipinski definition) is 0. The summed E-state index contributed by atoms with van der Waals surface area (Å²) >= 11 is 0. The number of rotatable bonds is 2. The van der Waals surface area contributed by atoms with Crippen LogP contribution in [-0.4, -0.2) is 5.78 Å². The van der Waals surface area contributed by atoms with Crippen LogP contribution in [0.5, 0.6) is 0 Å². The van der Waals surface area contributed by atoms with Crippen LogP contribution in [0.2, 0.25) is 0 Å². The predicted molar refractivity (Wildman–Crippen MR) is 71.1 cm³/mol. The Labute approximate surface area is 104 Å². The molecule has 1 nitrogen and oxygen atoms in total. The minimum atomic E-state index is 0.234. The third-order valence-corrected chi connectivity index (χ3v) is 4.02. The van der Waals surface area contributed by atoms with Crippen molar-refractivity contribution >= 4 is 5.78 Å². The van der Waals surface area contributed by atoms with Gasteiger partial charge >= 0.3 is 0 Å². The van der Waals surface area contributed by atoms with Crippen LogP contribution in [-0.2, 0) is 0 Å². The second-order valence-corrected chi connectivity index (χ2v) is 6.24. The van der Waals surface area contributed by atoms with Crippen molar-refractivity contribution < 1.29 is 4.79 Å². The third kappa shape index (κ3) is 2.59. The highest BCUT2D eigenvalue weighted by Gasteiger charge is 2.39. The van der Waals surface area contributed by atoms with Crippen LogP contribution in [0.4, 0.5) is 0 Å². The van der Waals surface area contributed by atoms with Gasteiger partial charge in [-0.2, -0.15) is 0 Å². The Morgan fingerprint density at radius 3 is 2.35 bits per heavy atom. The van der Waals surface area contributed by atoms with Crippen molar-refractivity contribution in [3.8, 4) is 0 Å². The molecule has 1 heteroatoms. The molecule has 92 valence electrons. The first-order chi connectivity index (χ1) is 8.00. The van der Waals surface area contributed by atoms with Crippen LogP contribution < -0.4 is 0 Å². The second kappa shape index (κ2) is 4.64. The molecule has 0 heterocycles. The van der Waals surface area contributed by atoms with Gasteiger partial charge < -0.3 is 0 Å². The molecule has 0 radical (unpaired) electrons. The van der Waals surface area contributed by atoms with Crippen LogP contribution in [0.1, 0.15) is 50.4 Å². The standard InChI is InChI=1S/C16H22O/c1-16(2,3)14-11-7-10-13(14)15(17)12-8-5-4-6-9-12/h4-6,8-9,13-14H,7,10-11H2,1-3H3/t13-,14+/m0/s1. The zero-order valence-electron chi connectivity index (χ0n) is 11.1. The van der Waals surface area contributed by atoms with Gasteiger partial charge in [0.2, 0.25) is 0 Å². The van der Waals surface area contributed by atoms with Crippen LogP contribution >= 0.6 is 0 Å². The topological polar surface area (TPSA) is 17.1 Å². The lowest BCUT2D eigenvalue weighted by atomic mass is 9.72. The van der Waals surface area contributed by atoms with Crippen molar-refractivity contribution in [3.63, 3.8) is 0 Å². The molecule has 1 fully saturated rings. The highest BCUT2D eigenvalue weighted by Crippen LogP contribution is 2.44. The first kappa shape index (κ1) is 12.3. The first-order valence-electron chi connectivity index (χ1n) is 6.59. The van der Waals surface area contributed by atoms with Gasteiger partial charge in [0, 0.05) is 11.5 Å². The molecule has 2 atom stereocenters. The summed E-state index contributed by atoms with van der Waals surface area (Å²) in [4.78, 5) is 12.5. The van der Waals surface area contributed by atoms with Crippen LogP contribution in [0.15, 0.2) is 30.3 Å². The fourth-order valence-corrected chi connectivity index (χ4v) is 3.13. The maximum Gasteiger partial charge on any atom is 0.166 e. The van der Waals surface area contributed by atoms with E-state index in [1.165, 1.54) is 12.8 Å². The molecule has 0 bridgehead atoms. The smallest absolute Gasteiger partial charge is 0.166 e. The monoisotopic (exact) mass is 230 g/mol. The molecule has 0 aromatic heterocycles. The fraction of sp³-hybridized carbons (Fsp3) is 0.562. The molecule has 0 saturated heterocycles. The van der Waals surface area contributed by atoms with Crippen molar-refractivity contribution in [2.75, 3.05) is 0 Å². The fourth-order valence-electron chi connectivity index (χ4n) is 3.13. The minimum absolute atomic E-state index is 0.234. The van der Waals surface area contributed by atoms with Gasteiger partial charge in [-0.05, 0) is 24.2 Å². The molecular formula is C16H22O. The summed E-state index contributed by atoms with van der Waals surface area (Å²) in [7, 11) is 0. The van der Waals surface area contributed by atoms with E-state index in [1.807, 2.05) is 30.3 Å². The number of carbonyl (C=O) groups excluding carboxylic acids is 1. The summed E-state index contributed by atoms with van der Waals surface area (Å²) in [6.07, 6.45) is 3.47. The van der Waals surface area contributed by atoms with E-state index in [1.54, 1.807) is 0 Å². The number of hydrogen-bond acceptors (Lipinski definition) is 1. The quantitative estimate of drug-likeness (QED) is 0.691. The van der Waals surface area contributed by atoms with Gasteiger partial charge in [-0.15, -0.1) is 0 Å². The van der Waals surface area contributed by atoms with Gasteiger partial charge in [0.1, 0.15) is 0 Å². The lowest BCUT2D eigenvalue weighted by Gasteiger charge is -2.31. The first-order valence-corrected chi connectivity index (χ1v) is 6.59. The molecule has 0 unspecified atom stereocenters. The molecule has 0 spiro atoms. The summed E-state index contributed by atoms with van der Waals surface area (Å²) < 4.78 is 0. The molecule has 0 aliphatic heterocycles. The zero-order chi connectivity index (χ0) is 12.5. The molecule has 1 aromatic carbocycles. The van der Waals surface area contributed by atoms with Gasteiger partial charge in [0.15, 0.2) is 5.78 Å². The van der Waals surface area contributed by atoms with Crippen molar-refractivity contribution in [3.05, 3.63) is 35.9 Å². The second-order valence-electron chi connectivity index (χ2n) is 6.24. The average Bonchev–Trinajstić information content (AvgIpc) is 2.78. The molecule has 1 saturated carbocycles.